The molecule has 0 saturated heterocycles. The summed E-state index contributed by atoms with van der Waals surface area (Å²) in [6.45, 7) is 3.55. The zero-order chi connectivity index (χ0) is 16.4. The average molecular weight is 363 g/mol. The maximum Gasteiger partial charge on any atom is 0.136 e. The first-order chi connectivity index (χ1) is 11.0. The number of nitrogens with zero attached hydrogens (tertiary/aromatic N) is 2. The number of aryl methyl sites for hydroxylation is 1. The fourth-order valence-corrected chi connectivity index (χ4v) is 4.37. The maximum atomic E-state index is 11.2. The van der Waals surface area contributed by atoms with Crippen molar-refractivity contribution in [1.82, 2.24) is 9.97 Å². The van der Waals surface area contributed by atoms with E-state index in [1.165, 1.54) is 5.56 Å². The fourth-order valence-electron chi connectivity index (χ4n) is 2.25. The number of aromatic nitrogens is 2. The van der Waals surface area contributed by atoms with Gasteiger partial charge in [0.1, 0.15) is 10.8 Å². The highest BCUT2D eigenvalue weighted by Crippen LogP contribution is 2.31. The molecule has 3 nitrogen and oxygen atoms in total. The van der Waals surface area contributed by atoms with Crippen LogP contribution >= 0.6 is 34.3 Å². The van der Waals surface area contributed by atoms with Crippen LogP contribution in [0.15, 0.2) is 29.6 Å². The van der Waals surface area contributed by atoms with E-state index in [4.69, 9.17) is 16.6 Å². The number of hydrogen-bond donors (Lipinski definition) is 0. The third-order valence-corrected chi connectivity index (χ3v) is 5.57. The molecular weight excluding hydrogens is 348 g/mol. The number of hydrogen-bond acceptors (Lipinski definition) is 5. The third-order valence-electron chi connectivity index (χ3n) is 3.29. The Hall–Kier alpha value is -1.56. The summed E-state index contributed by atoms with van der Waals surface area (Å²) < 4.78 is 0. The van der Waals surface area contributed by atoms with Gasteiger partial charge in [0, 0.05) is 16.8 Å². The van der Waals surface area contributed by atoms with Crippen LogP contribution < -0.4 is 0 Å². The van der Waals surface area contributed by atoms with Gasteiger partial charge in [-0.15, -0.1) is 22.7 Å². The first-order valence-corrected chi connectivity index (χ1v) is 9.23. The molecule has 6 heteroatoms. The van der Waals surface area contributed by atoms with Gasteiger partial charge in [0.15, 0.2) is 0 Å². The number of benzene rings is 1. The highest BCUT2D eigenvalue weighted by atomic mass is 35.5. The molecule has 2 heterocycles. The Morgan fingerprint density at radius 1 is 1.17 bits per heavy atom. The van der Waals surface area contributed by atoms with Crippen molar-refractivity contribution < 1.29 is 4.79 Å². The van der Waals surface area contributed by atoms with Crippen molar-refractivity contribution in [1.29, 1.82) is 0 Å². The molecule has 0 aliphatic rings. The predicted octanol–water partition coefficient (Wildman–Crippen LogP) is 4.95. The zero-order valence-corrected chi connectivity index (χ0v) is 15.2. The van der Waals surface area contributed by atoms with Crippen LogP contribution in [0.5, 0.6) is 0 Å². The maximum absolute atomic E-state index is 11.2. The van der Waals surface area contributed by atoms with E-state index in [-0.39, 0.29) is 5.78 Å². The Morgan fingerprint density at radius 2 is 1.91 bits per heavy atom. The molecule has 0 unspecified atom stereocenters. The van der Waals surface area contributed by atoms with Gasteiger partial charge in [0.05, 0.1) is 27.7 Å². The van der Waals surface area contributed by atoms with E-state index < -0.39 is 0 Å². The van der Waals surface area contributed by atoms with Gasteiger partial charge in [0.25, 0.3) is 0 Å². The van der Waals surface area contributed by atoms with Crippen LogP contribution in [0.2, 0.25) is 5.02 Å². The second kappa shape index (κ2) is 6.91. The Bertz CT molecular complexity index is 837. The van der Waals surface area contributed by atoms with Crippen molar-refractivity contribution in [2.45, 2.75) is 26.7 Å². The molecule has 0 aliphatic heterocycles. The van der Waals surface area contributed by atoms with Gasteiger partial charge in [-0.25, -0.2) is 9.97 Å². The quantitative estimate of drug-likeness (QED) is 0.644. The molecule has 0 fully saturated rings. The van der Waals surface area contributed by atoms with Crippen LogP contribution in [-0.4, -0.2) is 15.8 Å². The van der Waals surface area contributed by atoms with Crippen molar-refractivity contribution in [2.24, 2.45) is 0 Å². The standard InChI is InChI=1S/C17H15ClN2OS2/c1-10(21)7-16-19-11(2)17(23-16)14-9-22-15(20-14)8-12-3-5-13(18)6-4-12/h3-6,9H,7-8H2,1-2H3. The molecule has 2 aromatic heterocycles. The molecule has 3 rings (SSSR count). The lowest BCUT2D eigenvalue weighted by atomic mass is 10.2. The lowest BCUT2D eigenvalue weighted by molar-refractivity contribution is -0.116. The van der Waals surface area contributed by atoms with Gasteiger partial charge in [-0.3, -0.25) is 4.79 Å². The molecule has 1 aromatic carbocycles. The van der Waals surface area contributed by atoms with Crippen LogP contribution in [0.3, 0.4) is 0 Å². The van der Waals surface area contributed by atoms with E-state index in [1.54, 1.807) is 29.6 Å². The normalized spacial score (nSPS) is 10.9. The van der Waals surface area contributed by atoms with E-state index in [0.29, 0.717) is 6.42 Å². The Labute approximate surface area is 148 Å². The van der Waals surface area contributed by atoms with Crippen molar-refractivity contribution in [3.05, 3.63) is 55.9 Å². The Balaban J connectivity index is 1.80. The zero-order valence-electron chi connectivity index (χ0n) is 12.8. The van der Waals surface area contributed by atoms with Gasteiger partial charge < -0.3 is 0 Å². The largest absolute Gasteiger partial charge is 0.300 e. The van der Waals surface area contributed by atoms with Gasteiger partial charge >= 0.3 is 0 Å². The predicted molar refractivity (Wildman–Crippen MR) is 96.6 cm³/mol. The molecule has 0 saturated carbocycles. The van der Waals surface area contributed by atoms with Crippen LogP contribution in [0, 0.1) is 6.92 Å². The van der Waals surface area contributed by atoms with Gasteiger partial charge in [-0.05, 0) is 31.5 Å². The number of carbonyl (C=O) groups is 1. The molecule has 23 heavy (non-hydrogen) atoms. The summed E-state index contributed by atoms with van der Waals surface area (Å²) in [6.07, 6.45) is 1.19. The summed E-state index contributed by atoms with van der Waals surface area (Å²) in [5.41, 5.74) is 3.08. The van der Waals surface area contributed by atoms with Crippen LogP contribution in [0.25, 0.3) is 10.6 Å². The van der Waals surface area contributed by atoms with Crippen molar-refractivity contribution in [3.63, 3.8) is 0 Å². The SMILES string of the molecule is CC(=O)Cc1nc(C)c(-c2csc(Cc3ccc(Cl)cc3)n2)s1. The molecule has 0 aliphatic carbocycles. The summed E-state index contributed by atoms with van der Waals surface area (Å²) in [6, 6.07) is 7.83. The van der Waals surface area contributed by atoms with Gasteiger partial charge in [-0.1, -0.05) is 23.7 Å². The summed E-state index contributed by atoms with van der Waals surface area (Å²) in [4.78, 5) is 21.5. The lowest BCUT2D eigenvalue weighted by Crippen LogP contribution is -1.94. The second-order valence-electron chi connectivity index (χ2n) is 5.33. The average Bonchev–Trinajstić information content (AvgIpc) is 3.07. The second-order valence-corrected chi connectivity index (χ2v) is 7.79. The molecule has 0 radical (unpaired) electrons. The van der Waals surface area contributed by atoms with Crippen LogP contribution in [0.1, 0.15) is 28.2 Å². The lowest BCUT2D eigenvalue weighted by Gasteiger charge is -1.98. The van der Waals surface area contributed by atoms with Crippen LogP contribution in [-0.2, 0) is 17.6 Å². The monoisotopic (exact) mass is 362 g/mol. The molecular formula is C17H15ClN2OS2. The molecule has 0 spiro atoms. The molecule has 0 atom stereocenters. The number of Topliss-reactive ketones (excluding diaryl/α,β-unsaturated/α-hetero) is 1. The minimum absolute atomic E-state index is 0.131. The summed E-state index contributed by atoms with van der Waals surface area (Å²) >= 11 is 9.11. The van der Waals surface area contributed by atoms with Crippen LogP contribution in [0.4, 0.5) is 0 Å². The summed E-state index contributed by atoms with van der Waals surface area (Å²) in [7, 11) is 0. The number of carbonyl (C=O) groups excluding carboxylic acids is 1. The highest BCUT2D eigenvalue weighted by molar-refractivity contribution is 7.16. The topological polar surface area (TPSA) is 42.9 Å². The first kappa shape index (κ1) is 16.3. The fraction of sp³-hybridized carbons (Fsp3) is 0.235. The number of rotatable bonds is 5. The minimum atomic E-state index is 0.131. The van der Waals surface area contributed by atoms with Crippen molar-refractivity contribution in [2.75, 3.05) is 0 Å². The molecule has 118 valence electrons. The Morgan fingerprint density at radius 3 is 2.61 bits per heavy atom. The molecule has 3 aromatic rings. The molecule has 0 N–H and O–H groups in total. The minimum Gasteiger partial charge on any atom is -0.300 e. The smallest absolute Gasteiger partial charge is 0.136 e. The number of ketones is 1. The number of thiazole rings is 2. The summed E-state index contributed by atoms with van der Waals surface area (Å²) in [5, 5.41) is 4.72. The highest BCUT2D eigenvalue weighted by Gasteiger charge is 2.14. The first-order valence-electron chi connectivity index (χ1n) is 7.16. The number of halogens is 1. The van der Waals surface area contributed by atoms with E-state index in [0.717, 1.165) is 37.7 Å². The third kappa shape index (κ3) is 4.05. The van der Waals surface area contributed by atoms with E-state index in [9.17, 15) is 4.79 Å². The summed E-state index contributed by atoms with van der Waals surface area (Å²) in [5.74, 6) is 0.131. The van der Waals surface area contributed by atoms with E-state index in [1.807, 2.05) is 31.2 Å². The molecule has 0 bridgehead atoms. The van der Waals surface area contributed by atoms with Crippen molar-refractivity contribution in [3.8, 4) is 10.6 Å². The van der Waals surface area contributed by atoms with Crippen molar-refractivity contribution >= 4 is 40.1 Å². The molecule has 0 amide bonds. The van der Waals surface area contributed by atoms with E-state index >= 15 is 0 Å². The Kier molecular flexibility index (Phi) is 4.90. The van der Waals surface area contributed by atoms with E-state index in [2.05, 4.69) is 10.4 Å². The van der Waals surface area contributed by atoms with Gasteiger partial charge in [-0.2, -0.15) is 0 Å². The van der Waals surface area contributed by atoms with Gasteiger partial charge in [0.2, 0.25) is 0 Å².